The van der Waals surface area contributed by atoms with Gasteiger partial charge in [-0.3, -0.25) is 0 Å². The summed E-state index contributed by atoms with van der Waals surface area (Å²) < 4.78 is 29.7. The molecule has 0 aliphatic carbocycles. The van der Waals surface area contributed by atoms with E-state index in [0.29, 0.717) is 13.0 Å². The van der Waals surface area contributed by atoms with Crippen molar-refractivity contribution in [1.82, 2.24) is 0 Å². The summed E-state index contributed by atoms with van der Waals surface area (Å²) in [6.07, 6.45) is -1.93. The molecule has 0 aromatic rings. The van der Waals surface area contributed by atoms with E-state index in [0.717, 1.165) is 0 Å². The van der Waals surface area contributed by atoms with E-state index in [1.54, 1.807) is 0 Å². The molecule has 1 heterocycles. The molecule has 1 saturated heterocycles. The molecule has 0 aromatic carbocycles. The van der Waals surface area contributed by atoms with E-state index < -0.39 is 12.3 Å². The molecule has 1 aliphatic heterocycles. The standard InChI is InChI=1S/C8H14F2O/c1-5(2)7-6(8(9)10)3-4-11-7/h5-8H,3-4H2,1-2H3. The third kappa shape index (κ3) is 1.89. The van der Waals surface area contributed by atoms with Crippen LogP contribution in [0.4, 0.5) is 8.78 Å². The van der Waals surface area contributed by atoms with Crippen LogP contribution in [-0.2, 0) is 4.74 Å². The number of rotatable bonds is 2. The fraction of sp³-hybridized carbons (Fsp3) is 1.00. The summed E-state index contributed by atoms with van der Waals surface area (Å²) >= 11 is 0. The van der Waals surface area contributed by atoms with Crippen molar-refractivity contribution in [2.45, 2.75) is 32.8 Å². The highest BCUT2D eigenvalue weighted by atomic mass is 19.3. The van der Waals surface area contributed by atoms with Crippen molar-refractivity contribution in [2.24, 2.45) is 11.8 Å². The number of hydrogen-bond donors (Lipinski definition) is 0. The van der Waals surface area contributed by atoms with Gasteiger partial charge in [0, 0.05) is 12.5 Å². The van der Waals surface area contributed by atoms with Gasteiger partial charge in [-0.2, -0.15) is 0 Å². The maximum absolute atomic E-state index is 12.3. The molecule has 11 heavy (non-hydrogen) atoms. The zero-order valence-corrected chi connectivity index (χ0v) is 6.89. The molecule has 0 aromatic heterocycles. The highest BCUT2D eigenvalue weighted by molar-refractivity contribution is 4.80. The summed E-state index contributed by atoms with van der Waals surface area (Å²) in [6.45, 7) is 4.34. The lowest BCUT2D eigenvalue weighted by atomic mass is 9.93. The normalized spacial score (nSPS) is 32.2. The SMILES string of the molecule is CC(C)C1OCCC1C(F)F. The maximum atomic E-state index is 12.3. The summed E-state index contributed by atoms with van der Waals surface area (Å²) in [7, 11) is 0. The molecule has 0 N–H and O–H groups in total. The lowest BCUT2D eigenvalue weighted by Crippen LogP contribution is -2.27. The molecule has 0 amide bonds. The number of hydrogen-bond acceptors (Lipinski definition) is 1. The number of ether oxygens (including phenoxy) is 1. The van der Waals surface area contributed by atoms with Crippen molar-refractivity contribution in [3.8, 4) is 0 Å². The predicted octanol–water partition coefficient (Wildman–Crippen LogP) is 2.31. The second-order valence-corrected chi connectivity index (χ2v) is 3.37. The molecule has 0 saturated carbocycles. The summed E-state index contributed by atoms with van der Waals surface area (Å²) in [5, 5.41) is 0. The summed E-state index contributed by atoms with van der Waals surface area (Å²) in [5.41, 5.74) is 0. The summed E-state index contributed by atoms with van der Waals surface area (Å²) in [6, 6.07) is 0. The molecular formula is C8H14F2O. The van der Waals surface area contributed by atoms with Gasteiger partial charge in [0.2, 0.25) is 6.43 Å². The monoisotopic (exact) mass is 164 g/mol. The molecule has 1 nitrogen and oxygen atoms in total. The van der Waals surface area contributed by atoms with Crippen LogP contribution in [-0.4, -0.2) is 19.1 Å². The Morgan fingerprint density at radius 2 is 2.00 bits per heavy atom. The van der Waals surface area contributed by atoms with Crippen molar-refractivity contribution >= 4 is 0 Å². The Bertz CT molecular complexity index is 111. The second kappa shape index (κ2) is 3.48. The third-order valence-corrected chi connectivity index (χ3v) is 2.16. The van der Waals surface area contributed by atoms with Crippen LogP contribution in [0.3, 0.4) is 0 Å². The van der Waals surface area contributed by atoms with E-state index in [9.17, 15) is 8.78 Å². The van der Waals surface area contributed by atoms with Crippen LogP contribution in [0.25, 0.3) is 0 Å². The highest BCUT2D eigenvalue weighted by Crippen LogP contribution is 2.31. The van der Waals surface area contributed by atoms with Crippen LogP contribution in [0.15, 0.2) is 0 Å². The zero-order chi connectivity index (χ0) is 8.43. The van der Waals surface area contributed by atoms with Gasteiger partial charge in [-0.15, -0.1) is 0 Å². The minimum atomic E-state index is -2.22. The fourth-order valence-electron chi connectivity index (χ4n) is 1.58. The Hall–Kier alpha value is -0.180. The van der Waals surface area contributed by atoms with E-state index in [1.165, 1.54) is 0 Å². The van der Waals surface area contributed by atoms with Gasteiger partial charge in [0.15, 0.2) is 0 Å². The summed E-state index contributed by atoms with van der Waals surface area (Å²) in [5.74, 6) is -0.327. The van der Waals surface area contributed by atoms with Crippen LogP contribution >= 0.6 is 0 Å². The molecule has 0 radical (unpaired) electrons. The average Bonchev–Trinajstić information content (AvgIpc) is 2.32. The Morgan fingerprint density at radius 3 is 2.36 bits per heavy atom. The van der Waals surface area contributed by atoms with E-state index >= 15 is 0 Å². The van der Waals surface area contributed by atoms with Crippen molar-refractivity contribution in [2.75, 3.05) is 6.61 Å². The molecule has 1 aliphatic rings. The Balaban J connectivity index is 2.51. The van der Waals surface area contributed by atoms with Gasteiger partial charge in [-0.1, -0.05) is 13.8 Å². The van der Waals surface area contributed by atoms with E-state index in [4.69, 9.17) is 4.74 Å². The highest BCUT2D eigenvalue weighted by Gasteiger charge is 2.36. The van der Waals surface area contributed by atoms with Gasteiger partial charge in [0.1, 0.15) is 0 Å². The van der Waals surface area contributed by atoms with Crippen LogP contribution in [0.5, 0.6) is 0 Å². The van der Waals surface area contributed by atoms with Gasteiger partial charge in [0.25, 0.3) is 0 Å². The third-order valence-electron chi connectivity index (χ3n) is 2.16. The van der Waals surface area contributed by atoms with Gasteiger partial charge >= 0.3 is 0 Å². The Morgan fingerprint density at radius 1 is 1.36 bits per heavy atom. The van der Waals surface area contributed by atoms with Gasteiger partial charge in [-0.25, -0.2) is 8.78 Å². The van der Waals surface area contributed by atoms with Gasteiger partial charge < -0.3 is 4.74 Å². The van der Waals surface area contributed by atoms with Crippen molar-refractivity contribution < 1.29 is 13.5 Å². The average molecular weight is 164 g/mol. The van der Waals surface area contributed by atoms with Crippen molar-refractivity contribution in [3.05, 3.63) is 0 Å². The lowest BCUT2D eigenvalue weighted by Gasteiger charge is -2.20. The molecule has 66 valence electrons. The fourth-order valence-corrected chi connectivity index (χ4v) is 1.58. The first-order chi connectivity index (χ1) is 5.13. The van der Waals surface area contributed by atoms with E-state index in [2.05, 4.69) is 0 Å². The second-order valence-electron chi connectivity index (χ2n) is 3.37. The predicted molar refractivity (Wildman–Crippen MR) is 38.7 cm³/mol. The molecule has 2 unspecified atom stereocenters. The maximum Gasteiger partial charge on any atom is 0.244 e. The van der Waals surface area contributed by atoms with Crippen molar-refractivity contribution in [1.29, 1.82) is 0 Å². The quantitative estimate of drug-likeness (QED) is 0.608. The molecule has 0 bridgehead atoms. The molecule has 3 heteroatoms. The first-order valence-corrected chi connectivity index (χ1v) is 4.02. The molecule has 0 spiro atoms. The summed E-state index contributed by atoms with van der Waals surface area (Å²) in [4.78, 5) is 0. The first-order valence-electron chi connectivity index (χ1n) is 4.02. The van der Waals surface area contributed by atoms with E-state index in [1.807, 2.05) is 13.8 Å². The van der Waals surface area contributed by atoms with Crippen LogP contribution in [0, 0.1) is 11.8 Å². The Kier molecular flexibility index (Phi) is 2.82. The van der Waals surface area contributed by atoms with Crippen molar-refractivity contribution in [3.63, 3.8) is 0 Å². The first kappa shape index (κ1) is 8.91. The minimum absolute atomic E-state index is 0.205. The van der Waals surface area contributed by atoms with E-state index in [-0.39, 0.29) is 12.0 Å². The smallest absolute Gasteiger partial charge is 0.244 e. The number of halogens is 2. The molecule has 1 rings (SSSR count). The molecule has 2 atom stereocenters. The minimum Gasteiger partial charge on any atom is -0.377 e. The van der Waals surface area contributed by atoms with Crippen LogP contribution in [0.1, 0.15) is 20.3 Å². The Labute approximate surface area is 65.7 Å². The molecular weight excluding hydrogens is 150 g/mol. The molecule has 1 fully saturated rings. The van der Waals surface area contributed by atoms with Gasteiger partial charge in [0.05, 0.1) is 6.10 Å². The largest absolute Gasteiger partial charge is 0.377 e. The van der Waals surface area contributed by atoms with Crippen LogP contribution in [0.2, 0.25) is 0 Å². The zero-order valence-electron chi connectivity index (χ0n) is 6.89. The number of alkyl halides is 2. The lowest BCUT2D eigenvalue weighted by molar-refractivity contribution is -0.00689. The van der Waals surface area contributed by atoms with Crippen LogP contribution < -0.4 is 0 Å². The van der Waals surface area contributed by atoms with Gasteiger partial charge in [-0.05, 0) is 12.3 Å². The topological polar surface area (TPSA) is 9.23 Å².